The van der Waals surface area contributed by atoms with E-state index in [0.717, 1.165) is 0 Å². The normalized spacial score (nSPS) is 8.77. The van der Waals surface area contributed by atoms with Crippen LogP contribution in [0.4, 0.5) is 0 Å². The average molecular weight is 208 g/mol. The average Bonchev–Trinajstić information content (AvgIpc) is 2.06. The van der Waals surface area contributed by atoms with E-state index in [1.165, 1.54) is 0 Å². The molecule has 0 amide bonds. The van der Waals surface area contributed by atoms with E-state index in [2.05, 4.69) is 11.3 Å². The lowest BCUT2D eigenvalue weighted by Gasteiger charge is -1.97. The minimum Gasteiger partial charge on any atom is -0.463 e. The Morgan fingerprint density at radius 1 is 1.54 bits per heavy atom. The lowest BCUT2D eigenvalue weighted by atomic mass is 10.4. The zero-order valence-corrected chi connectivity index (χ0v) is 9.52. The third-order valence-electron chi connectivity index (χ3n) is 0.863. The summed E-state index contributed by atoms with van der Waals surface area (Å²) in [6.45, 7) is 7.21. The van der Waals surface area contributed by atoms with Crippen LogP contribution < -0.4 is 0 Å². The molecule has 0 heterocycles. The Morgan fingerprint density at radius 2 is 1.92 bits per heavy atom. The van der Waals surface area contributed by atoms with Crippen LogP contribution in [0.25, 0.3) is 0 Å². The first-order chi connectivity index (χ1) is 5.95. The minimum absolute atomic E-state index is 0.312. The van der Waals surface area contributed by atoms with E-state index >= 15 is 0 Å². The molecule has 13 heavy (non-hydrogen) atoms. The molecular formula is C9H18ClNO2. The third-order valence-corrected chi connectivity index (χ3v) is 1.34. The molecule has 0 N–H and O–H groups in total. The van der Waals surface area contributed by atoms with Gasteiger partial charge in [-0.1, -0.05) is 6.58 Å². The molecule has 78 valence electrons. The lowest BCUT2D eigenvalue weighted by Crippen LogP contribution is -2.06. The van der Waals surface area contributed by atoms with Gasteiger partial charge in [-0.2, -0.15) is 0 Å². The van der Waals surface area contributed by atoms with Crippen molar-refractivity contribution in [1.82, 2.24) is 4.90 Å². The number of ether oxygens (including phenoxy) is 1. The van der Waals surface area contributed by atoms with Gasteiger partial charge in [0, 0.05) is 5.57 Å². The molecule has 0 aromatic rings. The second-order valence-corrected chi connectivity index (χ2v) is 2.94. The van der Waals surface area contributed by atoms with Crippen LogP contribution in [0.1, 0.15) is 13.8 Å². The first kappa shape index (κ1) is 15.0. The quantitative estimate of drug-likeness (QED) is 0.306. The molecule has 0 saturated heterocycles. The van der Waals surface area contributed by atoms with Gasteiger partial charge in [-0.25, -0.2) is 4.79 Å². The fourth-order valence-electron chi connectivity index (χ4n) is 0.254. The Kier molecular flexibility index (Phi) is 11.0. The number of esters is 1. The van der Waals surface area contributed by atoms with Crippen LogP contribution in [0.2, 0.25) is 0 Å². The van der Waals surface area contributed by atoms with Crippen LogP contribution in [0.5, 0.6) is 0 Å². The van der Waals surface area contributed by atoms with Gasteiger partial charge in [-0.15, -0.1) is 11.6 Å². The van der Waals surface area contributed by atoms with E-state index in [4.69, 9.17) is 11.6 Å². The van der Waals surface area contributed by atoms with Crippen LogP contribution in [-0.2, 0) is 9.53 Å². The van der Waals surface area contributed by atoms with Crippen molar-refractivity contribution in [3.05, 3.63) is 12.2 Å². The molecule has 0 aliphatic carbocycles. The predicted octanol–water partition coefficient (Wildman–Crippen LogP) is 1.87. The van der Waals surface area contributed by atoms with Crippen molar-refractivity contribution in [3.8, 4) is 0 Å². The largest absolute Gasteiger partial charge is 0.463 e. The Balaban J connectivity index is 0. The highest BCUT2D eigenvalue weighted by Crippen LogP contribution is 1.89. The second-order valence-electron chi connectivity index (χ2n) is 2.70. The number of hydrogen-bond donors (Lipinski definition) is 0. The fraction of sp³-hybridized carbons (Fsp3) is 0.667. The smallest absolute Gasteiger partial charge is 0.333 e. The summed E-state index contributed by atoms with van der Waals surface area (Å²) in [6, 6.07) is 0.611. The molecule has 0 radical (unpaired) electrons. The van der Waals surface area contributed by atoms with Gasteiger partial charge in [-0.3, -0.25) is 4.90 Å². The maximum atomic E-state index is 10.4. The fourth-order valence-corrected chi connectivity index (χ4v) is 0.254. The Hall–Kier alpha value is -0.540. The van der Waals surface area contributed by atoms with Gasteiger partial charge < -0.3 is 4.74 Å². The number of carbonyl (C=O) groups excluding carboxylic acids is 1. The highest BCUT2D eigenvalue weighted by Gasteiger charge is 1.98. The van der Waals surface area contributed by atoms with Gasteiger partial charge >= 0.3 is 5.97 Å². The lowest BCUT2D eigenvalue weighted by molar-refractivity contribution is -0.138. The molecule has 3 nitrogen and oxygen atoms in total. The van der Waals surface area contributed by atoms with Crippen molar-refractivity contribution in [2.75, 3.05) is 26.7 Å². The van der Waals surface area contributed by atoms with E-state index in [1.54, 1.807) is 13.8 Å². The Labute approximate surface area is 85.3 Å². The van der Waals surface area contributed by atoms with Crippen LogP contribution in [-0.4, -0.2) is 37.6 Å². The number of nitrogens with zero attached hydrogens (tertiary/aromatic N) is 1. The summed E-state index contributed by atoms with van der Waals surface area (Å²) in [5, 5.41) is 0. The summed E-state index contributed by atoms with van der Waals surface area (Å²) < 4.78 is 4.56. The zero-order valence-electron chi connectivity index (χ0n) is 8.76. The first-order valence-corrected chi connectivity index (χ1v) is 4.52. The summed E-state index contributed by atoms with van der Waals surface area (Å²) in [7, 11) is 3.85. The van der Waals surface area contributed by atoms with Gasteiger partial charge in [0.15, 0.2) is 0 Å². The van der Waals surface area contributed by atoms with Gasteiger partial charge in [0.2, 0.25) is 0 Å². The number of alkyl halides is 1. The molecule has 0 fully saturated rings. The zero-order chi connectivity index (χ0) is 10.9. The monoisotopic (exact) mass is 207 g/mol. The highest BCUT2D eigenvalue weighted by atomic mass is 35.5. The van der Waals surface area contributed by atoms with Crippen molar-refractivity contribution < 1.29 is 9.53 Å². The van der Waals surface area contributed by atoms with Crippen molar-refractivity contribution in [2.45, 2.75) is 13.8 Å². The third kappa shape index (κ3) is 14.3. The van der Waals surface area contributed by atoms with Crippen LogP contribution in [0.3, 0.4) is 0 Å². The summed E-state index contributed by atoms with van der Waals surface area (Å²) in [4.78, 5) is 12.3. The molecule has 0 atom stereocenters. The van der Waals surface area contributed by atoms with E-state index in [0.29, 0.717) is 18.2 Å². The van der Waals surface area contributed by atoms with Crippen molar-refractivity contribution in [1.29, 1.82) is 0 Å². The Bertz CT molecular complexity index is 158. The van der Waals surface area contributed by atoms with E-state index in [9.17, 15) is 4.79 Å². The van der Waals surface area contributed by atoms with Gasteiger partial charge in [0.05, 0.1) is 12.6 Å². The number of halogens is 1. The van der Waals surface area contributed by atoms with Crippen molar-refractivity contribution in [3.63, 3.8) is 0 Å². The van der Waals surface area contributed by atoms with E-state index in [1.807, 2.05) is 19.0 Å². The molecule has 0 unspecified atom stereocenters. The number of carbonyl (C=O) groups is 1. The molecular weight excluding hydrogens is 190 g/mol. The molecule has 4 heteroatoms. The SMILES string of the molecule is C=C(C)C(=O)OCC.CN(C)CCl. The standard InChI is InChI=1S/C6H10O2.C3H8ClN/c1-4-8-6(7)5(2)3;1-5(2)3-4/h2,4H2,1,3H3;3H2,1-2H3. The predicted molar refractivity (Wildman–Crippen MR) is 55.9 cm³/mol. The van der Waals surface area contributed by atoms with E-state index in [-0.39, 0.29) is 5.97 Å². The van der Waals surface area contributed by atoms with E-state index < -0.39 is 0 Å². The summed E-state index contributed by atoms with van der Waals surface area (Å²) >= 11 is 5.26. The summed E-state index contributed by atoms with van der Waals surface area (Å²) in [5.41, 5.74) is 0.451. The number of rotatable bonds is 3. The molecule has 0 spiro atoms. The molecule has 0 aliphatic heterocycles. The Morgan fingerprint density at radius 3 is 2.00 bits per heavy atom. The maximum absolute atomic E-state index is 10.4. The second kappa shape index (κ2) is 9.55. The van der Waals surface area contributed by atoms with Crippen molar-refractivity contribution in [2.24, 2.45) is 0 Å². The summed E-state index contributed by atoms with van der Waals surface area (Å²) in [5.74, 6) is -0.312. The summed E-state index contributed by atoms with van der Waals surface area (Å²) in [6.07, 6.45) is 0. The molecule has 0 aromatic heterocycles. The van der Waals surface area contributed by atoms with Crippen molar-refractivity contribution >= 4 is 17.6 Å². The van der Waals surface area contributed by atoms with Crippen LogP contribution in [0, 0.1) is 0 Å². The van der Waals surface area contributed by atoms with Gasteiger partial charge in [-0.05, 0) is 27.9 Å². The minimum atomic E-state index is -0.312. The molecule has 0 aliphatic rings. The van der Waals surface area contributed by atoms with Crippen LogP contribution in [0.15, 0.2) is 12.2 Å². The van der Waals surface area contributed by atoms with Gasteiger partial charge in [0.1, 0.15) is 0 Å². The molecule has 0 rings (SSSR count). The molecule has 0 bridgehead atoms. The first-order valence-electron chi connectivity index (χ1n) is 3.99. The number of hydrogen-bond acceptors (Lipinski definition) is 3. The maximum Gasteiger partial charge on any atom is 0.333 e. The van der Waals surface area contributed by atoms with Gasteiger partial charge in [0.25, 0.3) is 0 Å². The highest BCUT2D eigenvalue weighted by molar-refractivity contribution is 6.17. The molecule has 0 saturated carbocycles. The molecule has 0 aromatic carbocycles. The topological polar surface area (TPSA) is 29.5 Å². The van der Waals surface area contributed by atoms with Crippen LogP contribution >= 0.6 is 11.6 Å².